The van der Waals surface area contributed by atoms with Gasteiger partial charge in [0.1, 0.15) is 5.78 Å². The van der Waals surface area contributed by atoms with Gasteiger partial charge in [0, 0.05) is 45.1 Å². The Hall–Kier alpha value is -1.47. The number of Topliss-reactive ketones (excluding diaryl/α,β-unsaturated/α-hetero) is 1. The third kappa shape index (κ3) is 6.03. The van der Waals surface area contributed by atoms with Crippen LogP contribution in [0.1, 0.15) is 64.7 Å². The molecule has 3 amide bonds. The molecule has 7 nitrogen and oxygen atoms in total. The highest BCUT2D eigenvalue weighted by Crippen LogP contribution is 2.36. The largest absolute Gasteiger partial charge is 0.336 e. The number of urea groups is 1. The van der Waals surface area contributed by atoms with Crippen molar-refractivity contribution in [1.82, 2.24) is 20.0 Å². The van der Waals surface area contributed by atoms with E-state index in [0.29, 0.717) is 44.3 Å². The van der Waals surface area contributed by atoms with Crippen molar-refractivity contribution in [3.63, 3.8) is 0 Å². The first-order chi connectivity index (χ1) is 14.5. The monoisotopic (exact) mass is 420 g/mol. The zero-order valence-corrected chi connectivity index (χ0v) is 18.9. The lowest BCUT2D eigenvalue weighted by Gasteiger charge is -2.45. The zero-order chi connectivity index (χ0) is 21.5. The molecule has 2 heterocycles. The fourth-order valence-corrected chi connectivity index (χ4v) is 5.45. The second kappa shape index (κ2) is 11.2. The van der Waals surface area contributed by atoms with Crippen molar-refractivity contribution in [3.05, 3.63) is 0 Å². The van der Waals surface area contributed by atoms with Gasteiger partial charge in [-0.1, -0.05) is 19.8 Å². The van der Waals surface area contributed by atoms with Gasteiger partial charge in [-0.25, -0.2) is 4.79 Å². The van der Waals surface area contributed by atoms with Crippen LogP contribution >= 0.6 is 0 Å². The molecular formula is C23H40N4O3. The van der Waals surface area contributed by atoms with Crippen molar-refractivity contribution in [1.29, 1.82) is 0 Å². The minimum absolute atomic E-state index is 0.0674. The summed E-state index contributed by atoms with van der Waals surface area (Å²) in [4.78, 5) is 44.3. The van der Waals surface area contributed by atoms with Gasteiger partial charge in [0.2, 0.25) is 5.91 Å². The van der Waals surface area contributed by atoms with Gasteiger partial charge in [0.25, 0.3) is 0 Å². The van der Waals surface area contributed by atoms with Crippen LogP contribution in [0, 0.1) is 11.8 Å². The maximum absolute atomic E-state index is 13.4. The Bertz CT molecular complexity index is 605. The molecule has 0 aromatic rings. The number of nitrogens with one attached hydrogen (secondary N) is 1. The summed E-state index contributed by atoms with van der Waals surface area (Å²) >= 11 is 0. The molecule has 0 aromatic carbocycles. The molecule has 1 aliphatic carbocycles. The van der Waals surface area contributed by atoms with E-state index in [0.717, 1.165) is 45.3 Å². The second-order valence-corrected chi connectivity index (χ2v) is 9.46. The number of ketones is 1. The number of hydrogen-bond donors (Lipinski definition) is 1. The summed E-state index contributed by atoms with van der Waals surface area (Å²) in [5.41, 5.74) is 0. The van der Waals surface area contributed by atoms with Crippen LogP contribution in [0.3, 0.4) is 0 Å². The van der Waals surface area contributed by atoms with Crippen LogP contribution < -0.4 is 5.32 Å². The lowest BCUT2D eigenvalue weighted by molar-refractivity contribution is -0.138. The molecule has 0 radical (unpaired) electrons. The Balaban J connectivity index is 1.56. The summed E-state index contributed by atoms with van der Waals surface area (Å²) in [5, 5.41) is 2.99. The Morgan fingerprint density at radius 3 is 2.70 bits per heavy atom. The topological polar surface area (TPSA) is 73.0 Å². The summed E-state index contributed by atoms with van der Waals surface area (Å²) in [7, 11) is 2.06. The highest BCUT2D eigenvalue weighted by molar-refractivity contribution is 5.95. The fraction of sp³-hybridized carbons (Fsp3) is 0.870. The maximum Gasteiger partial charge on any atom is 0.324 e. The van der Waals surface area contributed by atoms with Crippen molar-refractivity contribution in [2.24, 2.45) is 11.8 Å². The summed E-state index contributed by atoms with van der Waals surface area (Å²) < 4.78 is 0. The number of amides is 3. The molecule has 30 heavy (non-hydrogen) atoms. The number of imide groups is 1. The molecule has 3 rings (SSSR count). The van der Waals surface area contributed by atoms with Crippen molar-refractivity contribution in [2.75, 3.05) is 46.3 Å². The van der Waals surface area contributed by atoms with Crippen LogP contribution in [0.2, 0.25) is 0 Å². The molecule has 0 unspecified atom stereocenters. The quantitative estimate of drug-likeness (QED) is 0.685. The molecule has 3 aliphatic rings. The van der Waals surface area contributed by atoms with Crippen molar-refractivity contribution < 1.29 is 14.4 Å². The van der Waals surface area contributed by atoms with Gasteiger partial charge in [0.05, 0.1) is 5.92 Å². The van der Waals surface area contributed by atoms with Gasteiger partial charge in [-0.15, -0.1) is 0 Å². The van der Waals surface area contributed by atoms with Crippen LogP contribution in [0.25, 0.3) is 0 Å². The molecule has 0 bridgehead atoms. The highest BCUT2D eigenvalue weighted by atomic mass is 16.2. The zero-order valence-electron chi connectivity index (χ0n) is 18.9. The fourth-order valence-electron chi connectivity index (χ4n) is 5.45. The number of carbonyl (C=O) groups excluding carboxylic acids is 3. The molecule has 0 spiro atoms. The number of hydrogen-bond acceptors (Lipinski definition) is 5. The number of nitrogens with zero attached hydrogens (tertiary/aromatic N) is 3. The number of carbonyl (C=O) groups is 3. The molecule has 1 saturated carbocycles. The molecule has 7 heteroatoms. The van der Waals surface area contributed by atoms with Crippen LogP contribution in [0.5, 0.6) is 0 Å². The lowest BCUT2D eigenvalue weighted by atomic mass is 9.74. The molecule has 3 fully saturated rings. The van der Waals surface area contributed by atoms with Crippen molar-refractivity contribution >= 4 is 17.7 Å². The predicted molar refractivity (Wildman–Crippen MR) is 117 cm³/mol. The molecule has 2 saturated heterocycles. The SMILES string of the molecule is CCCCN(C(=O)NCCN1CCCCC1)C(=O)[C@@H]1C[C@@H]2CC(=O)CC[C@H]2N(C)C1. The first-order valence-corrected chi connectivity index (χ1v) is 12.0. The van der Waals surface area contributed by atoms with E-state index in [1.54, 1.807) is 0 Å². The van der Waals surface area contributed by atoms with Crippen LogP contribution in [-0.4, -0.2) is 84.8 Å². The van der Waals surface area contributed by atoms with E-state index < -0.39 is 0 Å². The van der Waals surface area contributed by atoms with E-state index >= 15 is 0 Å². The van der Waals surface area contributed by atoms with E-state index in [1.165, 1.54) is 24.2 Å². The van der Waals surface area contributed by atoms with Gasteiger partial charge in [-0.2, -0.15) is 0 Å². The Labute approximate surface area is 181 Å². The Morgan fingerprint density at radius 2 is 1.97 bits per heavy atom. The summed E-state index contributed by atoms with van der Waals surface area (Å²) in [6.07, 6.45) is 8.38. The summed E-state index contributed by atoms with van der Waals surface area (Å²) in [6.45, 7) is 6.85. The number of rotatable bonds is 7. The standard InChI is InChI=1S/C23H40N4O3/c1-3-4-13-27(23(30)24-10-14-26-11-6-5-7-12-26)22(29)19-15-18-16-20(28)8-9-21(18)25(2)17-19/h18-19,21H,3-17H2,1-2H3,(H,24,30)/t18-,19-,21-/m1/s1. The van der Waals surface area contributed by atoms with Gasteiger partial charge in [-0.3, -0.25) is 14.5 Å². The minimum Gasteiger partial charge on any atom is -0.336 e. The molecule has 0 aromatic heterocycles. The van der Waals surface area contributed by atoms with E-state index in [4.69, 9.17) is 0 Å². The molecule has 1 N–H and O–H groups in total. The number of unbranched alkanes of at least 4 members (excludes halogenated alkanes) is 1. The van der Waals surface area contributed by atoms with Crippen LogP contribution in [0.4, 0.5) is 4.79 Å². The minimum atomic E-state index is -0.255. The van der Waals surface area contributed by atoms with E-state index in [-0.39, 0.29) is 23.8 Å². The molecule has 3 atom stereocenters. The average molecular weight is 421 g/mol. The van der Waals surface area contributed by atoms with Crippen molar-refractivity contribution in [3.8, 4) is 0 Å². The van der Waals surface area contributed by atoms with Gasteiger partial charge in [-0.05, 0) is 58.2 Å². The molecular weight excluding hydrogens is 380 g/mol. The van der Waals surface area contributed by atoms with Gasteiger partial charge < -0.3 is 15.1 Å². The lowest BCUT2D eigenvalue weighted by Crippen LogP contribution is -2.55. The third-order valence-corrected chi connectivity index (χ3v) is 7.16. The van der Waals surface area contributed by atoms with Crippen molar-refractivity contribution in [2.45, 2.75) is 70.8 Å². The maximum atomic E-state index is 13.4. The molecule has 170 valence electrons. The van der Waals surface area contributed by atoms with Gasteiger partial charge in [0.15, 0.2) is 0 Å². The Morgan fingerprint density at radius 1 is 1.20 bits per heavy atom. The van der Waals surface area contributed by atoms with Gasteiger partial charge >= 0.3 is 6.03 Å². The Kier molecular flexibility index (Phi) is 8.69. The van der Waals surface area contributed by atoms with E-state index in [9.17, 15) is 14.4 Å². The van der Waals surface area contributed by atoms with E-state index in [2.05, 4.69) is 29.1 Å². The highest BCUT2D eigenvalue weighted by Gasteiger charge is 2.42. The summed E-state index contributed by atoms with van der Waals surface area (Å²) in [6, 6.07) is 0.143. The first kappa shape index (κ1) is 23.2. The average Bonchev–Trinajstić information content (AvgIpc) is 2.74. The van der Waals surface area contributed by atoms with Crippen LogP contribution in [0.15, 0.2) is 0 Å². The third-order valence-electron chi connectivity index (χ3n) is 7.16. The number of fused-ring (bicyclic) bond motifs is 1. The van der Waals surface area contributed by atoms with Crippen LogP contribution in [-0.2, 0) is 9.59 Å². The number of likely N-dealkylation sites (tertiary alicyclic amines) is 2. The normalized spacial score (nSPS) is 28.1. The predicted octanol–water partition coefficient (Wildman–Crippen LogP) is 2.50. The van der Waals surface area contributed by atoms with E-state index in [1.807, 2.05) is 0 Å². The molecule has 2 aliphatic heterocycles. The first-order valence-electron chi connectivity index (χ1n) is 12.0. The second-order valence-electron chi connectivity index (χ2n) is 9.46. The smallest absolute Gasteiger partial charge is 0.324 e. The number of piperidine rings is 2. The summed E-state index contributed by atoms with van der Waals surface area (Å²) in [5.74, 6) is 0.291.